The molecule has 0 aromatic carbocycles. The Kier molecular flexibility index (Phi) is 5.37. The van der Waals surface area contributed by atoms with E-state index in [2.05, 4.69) is 15.0 Å². The van der Waals surface area contributed by atoms with Crippen molar-refractivity contribution in [3.63, 3.8) is 0 Å². The van der Waals surface area contributed by atoms with Crippen molar-refractivity contribution in [2.75, 3.05) is 26.7 Å². The summed E-state index contributed by atoms with van der Waals surface area (Å²) in [6.45, 7) is 2.51. The zero-order valence-corrected chi connectivity index (χ0v) is 12.7. The maximum atomic E-state index is 11.6. The van der Waals surface area contributed by atoms with Gasteiger partial charge in [0.2, 0.25) is 11.6 Å². The first-order valence-electron chi connectivity index (χ1n) is 7.49. The van der Waals surface area contributed by atoms with Crippen LogP contribution in [-0.4, -0.2) is 43.5 Å². The van der Waals surface area contributed by atoms with Gasteiger partial charge < -0.3 is 9.47 Å². The minimum atomic E-state index is -0.855. The zero-order valence-electron chi connectivity index (χ0n) is 12.7. The molecule has 2 heterocycles. The van der Waals surface area contributed by atoms with Crippen LogP contribution in [-0.2, 0) is 14.3 Å². The number of carbonyl (C=O) groups is 1. The predicted molar refractivity (Wildman–Crippen MR) is 76.7 cm³/mol. The summed E-state index contributed by atoms with van der Waals surface area (Å²) in [7, 11) is 1.17. The molecule has 2 saturated heterocycles. The monoisotopic (exact) mass is 304 g/mol. The highest BCUT2D eigenvalue weighted by Gasteiger charge is 2.43. The van der Waals surface area contributed by atoms with Crippen LogP contribution >= 0.6 is 0 Å². The fraction of sp³-hybridized carbons (Fsp3) is 0.667. The van der Waals surface area contributed by atoms with Gasteiger partial charge in [0.15, 0.2) is 5.57 Å². The average Bonchev–Trinajstić information content (AvgIpc) is 2.76. The van der Waals surface area contributed by atoms with E-state index >= 15 is 0 Å². The highest BCUT2D eigenvalue weighted by atomic mass is 16.5. The number of hydrogen-bond donors (Lipinski definition) is 1. The Morgan fingerprint density at radius 1 is 1.18 bits per heavy atom. The minimum Gasteiger partial charge on any atom is -0.465 e. The number of nitrogens with zero attached hydrogens (tertiary/aromatic N) is 3. The molecule has 0 aliphatic carbocycles. The van der Waals surface area contributed by atoms with E-state index in [9.17, 15) is 10.1 Å². The molecule has 2 rings (SSSR count). The number of nitrogens with one attached hydrogen (secondary N) is 1. The van der Waals surface area contributed by atoms with Crippen molar-refractivity contribution in [1.82, 2.24) is 10.2 Å². The number of methoxy groups -OCH3 is 1. The second-order valence-corrected chi connectivity index (χ2v) is 5.38. The molecule has 1 N–H and O–H groups in total. The van der Waals surface area contributed by atoms with E-state index in [-0.39, 0.29) is 5.76 Å². The molecule has 7 nitrogen and oxygen atoms in total. The molecule has 2 aliphatic rings. The van der Waals surface area contributed by atoms with Gasteiger partial charge in [-0.1, -0.05) is 6.42 Å². The molecule has 0 amide bonds. The Morgan fingerprint density at radius 3 is 2.64 bits per heavy atom. The summed E-state index contributed by atoms with van der Waals surface area (Å²) in [4.78, 5) is 13.8. The molecule has 118 valence electrons. The van der Waals surface area contributed by atoms with E-state index in [1.54, 1.807) is 6.07 Å². The Labute approximate surface area is 130 Å². The summed E-state index contributed by atoms with van der Waals surface area (Å²) in [6, 6.07) is 3.54. The van der Waals surface area contributed by atoms with Crippen molar-refractivity contribution in [3.8, 4) is 12.1 Å². The van der Waals surface area contributed by atoms with Crippen LogP contribution < -0.4 is 5.32 Å². The van der Waals surface area contributed by atoms with Gasteiger partial charge in [-0.05, 0) is 19.3 Å². The fourth-order valence-electron chi connectivity index (χ4n) is 2.97. The third-order valence-electron chi connectivity index (χ3n) is 4.06. The summed E-state index contributed by atoms with van der Waals surface area (Å²) >= 11 is 0. The molecule has 7 heteroatoms. The molecule has 22 heavy (non-hydrogen) atoms. The second kappa shape index (κ2) is 7.26. The molecule has 0 unspecified atom stereocenters. The molecule has 0 saturated carbocycles. The molecular weight excluding hydrogens is 284 g/mol. The predicted octanol–water partition coefficient (Wildman–Crippen LogP) is 1.00. The van der Waals surface area contributed by atoms with Crippen molar-refractivity contribution in [3.05, 3.63) is 11.3 Å². The molecule has 0 bridgehead atoms. The van der Waals surface area contributed by atoms with Crippen molar-refractivity contribution in [2.45, 2.75) is 38.0 Å². The minimum absolute atomic E-state index is 0.282. The summed E-state index contributed by atoms with van der Waals surface area (Å²) in [6.07, 6.45) is 4.83. The van der Waals surface area contributed by atoms with Crippen molar-refractivity contribution in [2.24, 2.45) is 0 Å². The quantitative estimate of drug-likeness (QED) is 0.359. The Balaban J connectivity index is 2.34. The van der Waals surface area contributed by atoms with E-state index < -0.39 is 17.4 Å². The molecule has 0 radical (unpaired) electrons. The van der Waals surface area contributed by atoms with Crippen molar-refractivity contribution in [1.29, 1.82) is 10.5 Å². The van der Waals surface area contributed by atoms with Crippen LogP contribution in [0.3, 0.4) is 0 Å². The number of nitriles is 2. The first-order chi connectivity index (χ1) is 10.7. The lowest BCUT2D eigenvalue weighted by atomic mass is 10.1. The van der Waals surface area contributed by atoms with Crippen molar-refractivity contribution >= 4 is 5.97 Å². The largest absolute Gasteiger partial charge is 0.465 e. The Morgan fingerprint density at radius 2 is 1.95 bits per heavy atom. The zero-order chi connectivity index (χ0) is 16.0. The first-order valence-corrected chi connectivity index (χ1v) is 7.49. The van der Waals surface area contributed by atoms with Crippen molar-refractivity contribution < 1.29 is 14.3 Å². The van der Waals surface area contributed by atoms with Crippen LogP contribution in [0.25, 0.3) is 0 Å². The lowest BCUT2D eigenvalue weighted by molar-refractivity contribution is -0.164. The maximum absolute atomic E-state index is 11.6. The molecule has 2 aliphatic heterocycles. The summed E-state index contributed by atoms with van der Waals surface area (Å²) in [5.41, 5.74) is -0.393. The van der Waals surface area contributed by atoms with Crippen LogP contribution in [0.15, 0.2) is 11.3 Å². The average molecular weight is 304 g/mol. The van der Waals surface area contributed by atoms with Gasteiger partial charge in [0.25, 0.3) is 0 Å². The SMILES string of the molecule is COC(=O)/C(C#N)=C(\C#N)O[C@]12CCCCCN1CCCN2. The number of hydrogen-bond acceptors (Lipinski definition) is 7. The molecule has 0 aromatic heterocycles. The number of carbonyl (C=O) groups excluding carboxylic acids is 1. The summed E-state index contributed by atoms with van der Waals surface area (Å²) in [5, 5.41) is 21.8. The van der Waals surface area contributed by atoms with Gasteiger partial charge in [0.05, 0.1) is 7.11 Å². The maximum Gasteiger partial charge on any atom is 0.353 e. The lowest BCUT2D eigenvalue weighted by Crippen LogP contribution is -2.64. The highest BCUT2D eigenvalue weighted by Crippen LogP contribution is 2.31. The number of rotatable bonds is 3. The van der Waals surface area contributed by atoms with E-state index in [0.717, 1.165) is 45.3 Å². The molecular formula is C15H20N4O3. The molecule has 0 spiro atoms. The molecule has 2 fully saturated rings. The van der Waals surface area contributed by atoms with Crippen LogP contribution in [0.1, 0.15) is 32.1 Å². The third-order valence-corrected chi connectivity index (χ3v) is 4.06. The van der Waals surface area contributed by atoms with Gasteiger partial charge in [-0.2, -0.15) is 10.5 Å². The van der Waals surface area contributed by atoms with E-state index in [4.69, 9.17) is 10.00 Å². The van der Waals surface area contributed by atoms with Crippen LogP contribution in [0.5, 0.6) is 0 Å². The normalized spacial score (nSPS) is 26.5. The third kappa shape index (κ3) is 3.22. The number of fused-ring (bicyclic) bond motifs is 1. The highest BCUT2D eigenvalue weighted by molar-refractivity contribution is 5.93. The van der Waals surface area contributed by atoms with Gasteiger partial charge in [-0.15, -0.1) is 0 Å². The van der Waals surface area contributed by atoms with Gasteiger partial charge in [0.1, 0.15) is 12.1 Å². The van der Waals surface area contributed by atoms with Crippen LogP contribution in [0.2, 0.25) is 0 Å². The van der Waals surface area contributed by atoms with Gasteiger partial charge in [-0.25, -0.2) is 4.79 Å². The Bertz CT molecular complexity index is 546. The van der Waals surface area contributed by atoms with Crippen LogP contribution in [0, 0.1) is 22.7 Å². The van der Waals surface area contributed by atoms with E-state index in [0.29, 0.717) is 6.42 Å². The summed E-state index contributed by atoms with van der Waals surface area (Å²) < 4.78 is 10.4. The van der Waals surface area contributed by atoms with Crippen LogP contribution in [0.4, 0.5) is 0 Å². The molecule has 1 atom stereocenters. The topological polar surface area (TPSA) is 98.4 Å². The number of allylic oxidation sites excluding steroid dienone is 1. The van der Waals surface area contributed by atoms with Gasteiger partial charge in [-0.3, -0.25) is 10.2 Å². The van der Waals surface area contributed by atoms with Gasteiger partial charge >= 0.3 is 5.97 Å². The second-order valence-electron chi connectivity index (χ2n) is 5.38. The summed E-state index contributed by atoms with van der Waals surface area (Å²) in [5.74, 6) is -1.95. The van der Waals surface area contributed by atoms with Gasteiger partial charge in [0, 0.05) is 26.1 Å². The lowest BCUT2D eigenvalue weighted by Gasteiger charge is -2.46. The Hall–Kier alpha value is -2.09. The first kappa shape index (κ1) is 16.3. The molecule has 0 aromatic rings. The standard InChI is InChI=1S/C15H20N4O3/c1-21-14(20)12(10-16)13(11-17)22-15-6-3-2-4-8-19(15)9-5-7-18-15/h18H,2-9H2,1H3/b13-12+/t15-/m0/s1. The fourth-order valence-corrected chi connectivity index (χ4v) is 2.97. The number of esters is 1. The van der Waals surface area contributed by atoms with E-state index in [1.807, 2.05) is 6.07 Å². The number of ether oxygens (including phenoxy) is 2. The smallest absolute Gasteiger partial charge is 0.353 e. The van der Waals surface area contributed by atoms with E-state index in [1.165, 1.54) is 7.11 Å².